The van der Waals surface area contributed by atoms with Crippen molar-refractivity contribution in [1.29, 1.82) is 0 Å². The van der Waals surface area contributed by atoms with E-state index in [4.69, 9.17) is 5.73 Å². The summed E-state index contributed by atoms with van der Waals surface area (Å²) in [5, 5.41) is 3.37. The van der Waals surface area contributed by atoms with Crippen LogP contribution in [0.25, 0.3) is 10.1 Å². The maximum absolute atomic E-state index is 13.8. The molecular formula is C14H15FN2OS2. The van der Waals surface area contributed by atoms with E-state index in [2.05, 4.69) is 5.32 Å². The average molecular weight is 310 g/mol. The number of nitrogens with one attached hydrogen (secondary N) is 1. The van der Waals surface area contributed by atoms with Crippen molar-refractivity contribution >= 4 is 44.8 Å². The van der Waals surface area contributed by atoms with Crippen molar-refractivity contribution in [2.24, 2.45) is 0 Å². The van der Waals surface area contributed by atoms with Crippen molar-refractivity contribution in [1.82, 2.24) is 5.32 Å². The zero-order valence-electron chi connectivity index (χ0n) is 10.8. The Morgan fingerprint density at radius 2 is 2.30 bits per heavy atom. The molecule has 1 amide bonds. The van der Waals surface area contributed by atoms with Crippen molar-refractivity contribution in [2.45, 2.75) is 18.9 Å². The lowest BCUT2D eigenvalue weighted by Gasteiger charge is -2.22. The first-order valence-corrected chi connectivity index (χ1v) is 8.49. The predicted octanol–water partition coefficient (Wildman–Crippen LogP) is 3.25. The number of anilines is 1. The highest BCUT2D eigenvalue weighted by Crippen LogP contribution is 2.35. The van der Waals surface area contributed by atoms with Crippen LogP contribution in [-0.4, -0.2) is 23.5 Å². The number of nitrogen functional groups attached to an aromatic ring is 1. The molecular weight excluding hydrogens is 295 g/mol. The van der Waals surface area contributed by atoms with Gasteiger partial charge in [-0.25, -0.2) is 4.39 Å². The summed E-state index contributed by atoms with van der Waals surface area (Å²) in [5.41, 5.74) is 6.20. The van der Waals surface area contributed by atoms with E-state index >= 15 is 0 Å². The Bertz CT molecular complexity index is 650. The van der Waals surface area contributed by atoms with Crippen LogP contribution in [0, 0.1) is 5.82 Å². The van der Waals surface area contributed by atoms with Gasteiger partial charge in [0.05, 0.1) is 11.1 Å². The summed E-state index contributed by atoms with van der Waals surface area (Å²) >= 11 is 3.10. The summed E-state index contributed by atoms with van der Waals surface area (Å²) in [6, 6.07) is 4.97. The van der Waals surface area contributed by atoms with Crippen molar-refractivity contribution in [3.8, 4) is 0 Å². The Balaban J connectivity index is 1.87. The lowest BCUT2D eigenvalue weighted by Crippen LogP contribution is -2.38. The SMILES string of the molecule is Nc1c(C(=O)NC2CCCSC2)sc2cccc(F)c12. The molecule has 1 aliphatic heterocycles. The molecule has 1 atom stereocenters. The molecule has 1 unspecified atom stereocenters. The summed E-state index contributed by atoms with van der Waals surface area (Å²) in [7, 11) is 0. The van der Waals surface area contributed by atoms with Gasteiger partial charge in [-0.3, -0.25) is 4.79 Å². The monoisotopic (exact) mass is 310 g/mol. The third kappa shape index (κ3) is 2.50. The number of amides is 1. The molecule has 2 heterocycles. The highest BCUT2D eigenvalue weighted by molar-refractivity contribution is 7.99. The molecule has 0 saturated carbocycles. The summed E-state index contributed by atoms with van der Waals surface area (Å²) in [6.07, 6.45) is 2.12. The Hall–Kier alpha value is -1.27. The maximum Gasteiger partial charge on any atom is 0.263 e. The minimum absolute atomic E-state index is 0.185. The number of rotatable bonds is 2. The number of carbonyl (C=O) groups is 1. The molecule has 1 saturated heterocycles. The summed E-state index contributed by atoms with van der Waals surface area (Å²) in [5.74, 6) is 1.53. The van der Waals surface area contributed by atoms with Crippen LogP contribution in [0.5, 0.6) is 0 Å². The number of halogens is 1. The molecule has 20 heavy (non-hydrogen) atoms. The van der Waals surface area contributed by atoms with Crippen LogP contribution in [0.15, 0.2) is 18.2 Å². The second-order valence-corrected chi connectivity index (χ2v) is 7.05. The van der Waals surface area contributed by atoms with Gasteiger partial charge < -0.3 is 11.1 Å². The van der Waals surface area contributed by atoms with Crippen LogP contribution in [0.2, 0.25) is 0 Å². The fourth-order valence-electron chi connectivity index (χ4n) is 2.40. The van der Waals surface area contributed by atoms with Gasteiger partial charge in [0.15, 0.2) is 0 Å². The third-order valence-electron chi connectivity index (χ3n) is 3.40. The first-order valence-electron chi connectivity index (χ1n) is 6.52. The Morgan fingerprint density at radius 1 is 1.45 bits per heavy atom. The van der Waals surface area contributed by atoms with Gasteiger partial charge in [0.2, 0.25) is 0 Å². The molecule has 3 rings (SSSR count). The fourth-order valence-corrected chi connectivity index (χ4v) is 4.52. The lowest BCUT2D eigenvalue weighted by atomic mass is 10.1. The quantitative estimate of drug-likeness (QED) is 0.895. The van der Waals surface area contributed by atoms with E-state index in [9.17, 15) is 9.18 Å². The van der Waals surface area contributed by atoms with Gasteiger partial charge in [0, 0.05) is 16.5 Å². The molecule has 3 N–H and O–H groups in total. The van der Waals surface area contributed by atoms with Crippen LogP contribution in [0.4, 0.5) is 10.1 Å². The van der Waals surface area contributed by atoms with E-state index in [-0.39, 0.29) is 23.5 Å². The molecule has 1 aliphatic rings. The van der Waals surface area contributed by atoms with Crippen molar-refractivity contribution < 1.29 is 9.18 Å². The van der Waals surface area contributed by atoms with Crippen LogP contribution in [0.3, 0.4) is 0 Å². The van der Waals surface area contributed by atoms with Crippen LogP contribution in [-0.2, 0) is 0 Å². The third-order valence-corrected chi connectivity index (χ3v) is 5.79. The van der Waals surface area contributed by atoms with Gasteiger partial charge in [0.25, 0.3) is 5.91 Å². The van der Waals surface area contributed by atoms with Crippen LogP contribution in [0.1, 0.15) is 22.5 Å². The standard InChI is InChI=1S/C14H15FN2OS2/c15-9-4-1-5-10-11(9)12(16)13(20-10)14(18)17-8-3-2-6-19-7-8/h1,4-5,8H,2-3,6-7,16H2,(H,17,18). The Kier molecular flexibility index (Phi) is 3.85. The highest BCUT2D eigenvalue weighted by atomic mass is 32.2. The van der Waals surface area contributed by atoms with Crippen molar-refractivity contribution in [2.75, 3.05) is 17.2 Å². The van der Waals surface area contributed by atoms with E-state index in [0.717, 1.165) is 24.3 Å². The Morgan fingerprint density at radius 3 is 3.00 bits per heavy atom. The lowest BCUT2D eigenvalue weighted by molar-refractivity contribution is 0.0943. The molecule has 0 bridgehead atoms. The van der Waals surface area contributed by atoms with Crippen molar-refractivity contribution in [3.63, 3.8) is 0 Å². The predicted molar refractivity (Wildman–Crippen MR) is 84.0 cm³/mol. The Labute approximate surface area is 124 Å². The molecule has 0 spiro atoms. The van der Waals surface area contributed by atoms with E-state index in [1.807, 2.05) is 11.8 Å². The number of benzene rings is 1. The minimum atomic E-state index is -0.372. The second-order valence-electron chi connectivity index (χ2n) is 4.85. The van der Waals surface area contributed by atoms with Gasteiger partial charge in [-0.15, -0.1) is 11.3 Å². The van der Waals surface area contributed by atoms with Crippen LogP contribution < -0.4 is 11.1 Å². The number of carbonyl (C=O) groups excluding carboxylic acids is 1. The number of thioether (sulfide) groups is 1. The first kappa shape index (κ1) is 13.7. The molecule has 0 radical (unpaired) electrons. The number of nitrogens with two attached hydrogens (primary N) is 1. The number of hydrogen-bond donors (Lipinski definition) is 2. The number of fused-ring (bicyclic) bond motifs is 1. The minimum Gasteiger partial charge on any atom is -0.397 e. The van der Waals surface area contributed by atoms with E-state index in [1.54, 1.807) is 12.1 Å². The molecule has 3 nitrogen and oxygen atoms in total. The first-order chi connectivity index (χ1) is 9.66. The number of hydrogen-bond acceptors (Lipinski definition) is 4. The maximum atomic E-state index is 13.8. The van der Waals surface area contributed by atoms with Gasteiger partial charge >= 0.3 is 0 Å². The van der Waals surface area contributed by atoms with Gasteiger partial charge in [-0.2, -0.15) is 11.8 Å². The fraction of sp³-hybridized carbons (Fsp3) is 0.357. The summed E-state index contributed by atoms with van der Waals surface area (Å²) in [4.78, 5) is 12.7. The van der Waals surface area contributed by atoms with Crippen molar-refractivity contribution in [3.05, 3.63) is 28.9 Å². The molecule has 1 aromatic carbocycles. The molecule has 0 aliphatic carbocycles. The molecule has 2 aromatic rings. The van der Waals surface area contributed by atoms with E-state index in [0.29, 0.717) is 15.0 Å². The zero-order valence-corrected chi connectivity index (χ0v) is 12.5. The molecule has 6 heteroatoms. The normalized spacial score (nSPS) is 19.1. The molecule has 106 valence electrons. The number of thiophene rings is 1. The molecule has 1 aromatic heterocycles. The van der Waals surface area contributed by atoms with Crippen LogP contribution >= 0.6 is 23.1 Å². The smallest absolute Gasteiger partial charge is 0.263 e. The van der Waals surface area contributed by atoms with Gasteiger partial charge in [0.1, 0.15) is 10.7 Å². The summed E-state index contributed by atoms with van der Waals surface area (Å²) < 4.78 is 14.5. The highest BCUT2D eigenvalue weighted by Gasteiger charge is 2.22. The topological polar surface area (TPSA) is 55.1 Å². The van der Waals surface area contributed by atoms with E-state index < -0.39 is 0 Å². The second kappa shape index (κ2) is 5.61. The summed E-state index contributed by atoms with van der Waals surface area (Å²) in [6.45, 7) is 0. The molecule has 1 fully saturated rings. The largest absolute Gasteiger partial charge is 0.397 e. The average Bonchev–Trinajstić information content (AvgIpc) is 2.79. The van der Waals surface area contributed by atoms with Gasteiger partial charge in [-0.05, 0) is 30.7 Å². The van der Waals surface area contributed by atoms with E-state index in [1.165, 1.54) is 17.4 Å². The zero-order chi connectivity index (χ0) is 14.1. The van der Waals surface area contributed by atoms with Gasteiger partial charge in [-0.1, -0.05) is 6.07 Å².